The number of nitrogens with one attached hydrogen (secondary N) is 1. The average Bonchev–Trinajstić information content (AvgIpc) is 3.44. The smallest absolute Gasteiger partial charge is 0.416 e. The molecule has 0 spiro atoms. The van der Waals surface area contributed by atoms with Crippen molar-refractivity contribution in [1.82, 2.24) is 4.98 Å². The molecular formula is C42H48Cl2F3N3O7. The Balaban J connectivity index is 0.00000435. The molecule has 0 saturated heterocycles. The number of carbonyl (C=O) groups is 2. The van der Waals surface area contributed by atoms with Gasteiger partial charge in [-0.15, -0.1) is 24.8 Å². The molecule has 1 fully saturated rings. The highest BCUT2D eigenvalue weighted by atomic mass is 35.5. The number of unbranched alkanes of at least 4 members (excludes halogenated alkanes) is 1. The van der Waals surface area contributed by atoms with Crippen LogP contribution in [0.3, 0.4) is 0 Å². The number of aliphatic hydroxyl groups is 3. The number of hydrogen-bond acceptors (Lipinski definition) is 9. The van der Waals surface area contributed by atoms with Crippen LogP contribution in [0.2, 0.25) is 0 Å². The van der Waals surface area contributed by atoms with Gasteiger partial charge in [0.05, 0.1) is 23.7 Å². The Morgan fingerprint density at radius 3 is 2.49 bits per heavy atom. The quantitative estimate of drug-likeness (QED) is 0.0418. The third kappa shape index (κ3) is 13.8. The lowest BCUT2D eigenvalue weighted by molar-refractivity contribution is -0.145. The fourth-order valence-corrected chi connectivity index (χ4v) is 6.56. The number of aliphatic hydroxyl groups excluding tert-OH is 3. The van der Waals surface area contributed by atoms with Crippen molar-refractivity contribution >= 4 is 53.2 Å². The summed E-state index contributed by atoms with van der Waals surface area (Å²) in [6.45, 7) is -0.0853. The average molecular weight is 835 g/mol. The third-order valence-electron chi connectivity index (χ3n) is 9.62. The van der Waals surface area contributed by atoms with Gasteiger partial charge in [0.15, 0.2) is 0 Å². The van der Waals surface area contributed by atoms with Gasteiger partial charge in [-0.1, -0.05) is 60.7 Å². The van der Waals surface area contributed by atoms with Crippen LogP contribution in [0.4, 0.5) is 18.9 Å². The molecule has 6 N–H and O–H groups in total. The molecule has 1 unspecified atom stereocenters. The van der Waals surface area contributed by atoms with Gasteiger partial charge in [0.25, 0.3) is 0 Å². The summed E-state index contributed by atoms with van der Waals surface area (Å²) in [7, 11) is 0. The number of esters is 1. The highest BCUT2D eigenvalue weighted by molar-refractivity contribution is 5.98. The zero-order chi connectivity index (χ0) is 39.4. The van der Waals surface area contributed by atoms with Crippen molar-refractivity contribution in [3.63, 3.8) is 0 Å². The lowest BCUT2D eigenvalue weighted by atomic mass is 9.89. The second kappa shape index (κ2) is 22.4. The van der Waals surface area contributed by atoms with Gasteiger partial charge in [-0.25, -0.2) is 0 Å². The van der Waals surface area contributed by atoms with Crippen molar-refractivity contribution in [2.45, 2.75) is 69.1 Å². The van der Waals surface area contributed by atoms with Gasteiger partial charge in [-0.3, -0.25) is 14.6 Å². The standard InChI is InChI=1S/C42H46F3N3O7.2ClH/c43-42(44,45)31-6-5-7-34(21-31)54-26-33(49)16-17-36-35(38(50)22-39(36)51)8-3-1-2-4-9-40(52)55-25-27-10-12-28(13-11-27)37(23-46)41(53)48-32-15-14-30-24-47-19-18-29(30)20-32;;/h1,3,5-7,10-21,24,33,35-39,49-51H,2,4,8-9,22-23,25-26,46H2,(H,48,53);2*1H/t33-,35-,36+,37?,38-,39-;;/m1../s1. The first-order valence-electron chi connectivity index (χ1n) is 18.2. The molecule has 15 heteroatoms. The van der Waals surface area contributed by atoms with Crippen molar-refractivity contribution in [3.05, 3.63) is 126 Å². The molecule has 57 heavy (non-hydrogen) atoms. The van der Waals surface area contributed by atoms with Crippen molar-refractivity contribution in [2.75, 3.05) is 18.5 Å². The number of fused-ring (bicyclic) bond motifs is 1. The molecule has 0 radical (unpaired) electrons. The number of allylic oxidation sites excluding steroid dienone is 2. The number of rotatable bonds is 17. The molecule has 1 amide bonds. The summed E-state index contributed by atoms with van der Waals surface area (Å²) in [5.74, 6) is -1.93. The lowest BCUT2D eigenvalue weighted by Gasteiger charge is -2.19. The highest BCUT2D eigenvalue weighted by Crippen LogP contribution is 2.36. The van der Waals surface area contributed by atoms with E-state index >= 15 is 0 Å². The molecule has 1 aliphatic rings. The Morgan fingerprint density at radius 2 is 1.75 bits per heavy atom. The van der Waals surface area contributed by atoms with Crippen molar-refractivity contribution in [3.8, 4) is 5.75 Å². The third-order valence-corrected chi connectivity index (χ3v) is 9.62. The predicted octanol–water partition coefficient (Wildman–Crippen LogP) is 7.29. The number of pyridine rings is 1. The largest absolute Gasteiger partial charge is 0.491 e. The maximum atomic E-state index is 13.1. The summed E-state index contributed by atoms with van der Waals surface area (Å²) >= 11 is 0. The van der Waals surface area contributed by atoms with Gasteiger partial charge in [-0.05, 0) is 78.1 Å². The Bertz CT molecular complexity index is 1950. The number of halogens is 5. The number of ether oxygens (including phenoxy) is 2. The number of carbonyl (C=O) groups excluding carboxylic acids is 2. The van der Waals surface area contributed by atoms with Crippen LogP contribution in [0.5, 0.6) is 5.75 Å². The molecule has 10 nitrogen and oxygen atoms in total. The van der Waals surface area contributed by atoms with E-state index in [4.69, 9.17) is 15.2 Å². The van der Waals surface area contributed by atoms with E-state index < -0.39 is 41.9 Å². The van der Waals surface area contributed by atoms with E-state index in [0.29, 0.717) is 24.9 Å². The van der Waals surface area contributed by atoms with E-state index in [1.807, 2.05) is 36.4 Å². The molecule has 3 aromatic carbocycles. The van der Waals surface area contributed by atoms with E-state index in [9.17, 15) is 38.1 Å². The van der Waals surface area contributed by atoms with Gasteiger partial charge in [0.1, 0.15) is 25.1 Å². The highest BCUT2D eigenvalue weighted by Gasteiger charge is 2.39. The van der Waals surface area contributed by atoms with E-state index in [1.54, 1.807) is 42.7 Å². The number of aromatic nitrogens is 1. The van der Waals surface area contributed by atoms with Crippen LogP contribution >= 0.6 is 24.8 Å². The molecule has 1 saturated carbocycles. The van der Waals surface area contributed by atoms with Crippen LogP contribution in [0.25, 0.3) is 10.8 Å². The maximum Gasteiger partial charge on any atom is 0.416 e. The molecule has 1 aromatic heterocycles. The van der Waals surface area contributed by atoms with Crippen LogP contribution in [0, 0.1) is 11.8 Å². The molecule has 1 aliphatic carbocycles. The second-order valence-corrected chi connectivity index (χ2v) is 13.6. The van der Waals surface area contributed by atoms with Crippen LogP contribution in [0.1, 0.15) is 54.7 Å². The van der Waals surface area contributed by atoms with Crippen LogP contribution < -0.4 is 15.8 Å². The molecule has 4 aromatic rings. The zero-order valence-electron chi connectivity index (χ0n) is 31.0. The predicted molar refractivity (Wildman–Crippen MR) is 216 cm³/mol. The summed E-state index contributed by atoms with van der Waals surface area (Å²) in [6, 6.07) is 19.1. The number of nitrogens with zero attached hydrogens (tertiary/aromatic N) is 1. The first kappa shape index (κ1) is 46.9. The van der Waals surface area contributed by atoms with Crippen LogP contribution in [-0.4, -0.2) is 63.6 Å². The van der Waals surface area contributed by atoms with Gasteiger partial charge < -0.3 is 35.8 Å². The molecule has 0 bridgehead atoms. The number of hydrogen-bond donors (Lipinski definition) is 5. The normalized spacial score (nSPS) is 19.1. The number of nitrogens with two attached hydrogens (primary N) is 1. The van der Waals surface area contributed by atoms with Gasteiger partial charge in [0.2, 0.25) is 5.91 Å². The minimum Gasteiger partial charge on any atom is -0.491 e. The van der Waals surface area contributed by atoms with Gasteiger partial charge >= 0.3 is 12.1 Å². The van der Waals surface area contributed by atoms with Crippen LogP contribution in [-0.2, 0) is 27.1 Å². The first-order chi connectivity index (χ1) is 26.4. The van der Waals surface area contributed by atoms with Crippen molar-refractivity contribution in [2.24, 2.45) is 17.6 Å². The first-order valence-corrected chi connectivity index (χ1v) is 18.2. The summed E-state index contributed by atoms with van der Waals surface area (Å²) in [6.07, 6.45) is 5.02. The molecule has 5 rings (SSSR count). The van der Waals surface area contributed by atoms with Gasteiger partial charge in [0, 0.05) is 48.8 Å². The van der Waals surface area contributed by atoms with E-state index in [1.165, 1.54) is 18.2 Å². The Kier molecular flexibility index (Phi) is 18.5. The fraction of sp³-hybridized carbons (Fsp3) is 0.357. The zero-order valence-corrected chi connectivity index (χ0v) is 32.6. The Labute approximate surface area is 341 Å². The topological polar surface area (TPSA) is 164 Å². The van der Waals surface area contributed by atoms with Crippen molar-refractivity contribution in [1.29, 1.82) is 0 Å². The summed E-state index contributed by atoms with van der Waals surface area (Å²) in [4.78, 5) is 29.6. The number of amides is 1. The molecular weight excluding hydrogens is 786 g/mol. The lowest BCUT2D eigenvalue weighted by Crippen LogP contribution is -2.27. The summed E-state index contributed by atoms with van der Waals surface area (Å²) in [5, 5.41) is 36.2. The second-order valence-electron chi connectivity index (χ2n) is 13.6. The number of anilines is 1. The van der Waals surface area contributed by atoms with E-state index in [2.05, 4.69) is 10.3 Å². The monoisotopic (exact) mass is 833 g/mol. The molecule has 6 atom stereocenters. The minimum absolute atomic E-state index is 0. The molecule has 308 valence electrons. The minimum atomic E-state index is -4.51. The SMILES string of the molecule is Cl.Cl.NCC(C(=O)Nc1ccc2cnccc2c1)c1ccc(COC(=O)CCCC=CC[C@@H]2[C@H](C=C[C@@H](O)COc3cccc(C(F)(F)F)c3)[C@H](O)C[C@H]2O)cc1. The fourth-order valence-electron chi connectivity index (χ4n) is 6.56. The molecule has 1 heterocycles. The summed E-state index contributed by atoms with van der Waals surface area (Å²) < 4.78 is 49.6. The summed E-state index contributed by atoms with van der Waals surface area (Å²) in [5.41, 5.74) is 7.29. The van der Waals surface area contributed by atoms with E-state index in [-0.39, 0.29) is 81.0 Å². The van der Waals surface area contributed by atoms with Crippen molar-refractivity contribution < 1.29 is 47.6 Å². The van der Waals surface area contributed by atoms with E-state index in [0.717, 1.165) is 34.0 Å². The number of benzene rings is 3. The Hall–Kier alpha value is -4.50. The van der Waals surface area contributed by atoms with Gasteiger partial charge in [-0.2, -0.15) is 13.2 Å². The molecule has 0 aliphatic heterocycles. The number of alkyl halides is 3. The Morgan fingerprint density at radius 1 is 0.982 bits per heavy atom. The maximum absolute atomic E-state index is 13.1. The van der Waals surface area contributed by atoms with Crippen LogP contribution in [0.15, 0.2) is 109 Å².